The molecule has 1 N–H and O–H groups in total. The average molecular weight is 239 g/mol. The van der Waals surface area contributed by atoms with Gasteiger partial charge in [-0.05, 0) is 24.3 Å². The molecule has 0 spiro atoms. The molecule has 5 nitrogen and oxygen atoms in total. The zero-order valence-corrected chi connectivity index (χ0v) is 9.32. The third kappa shape index (κ3) is 1.62. The van der Waals surface area contributed by atoms with Gasteiger partial charge < -0.3 is 5.11 Å². The number of rotatable bonds is 2. The number of carboxylic acid groups (broad SMARTS) is 1. The number of nitrogens with zero attached hydrogens (tertiary/aromatic N) is 3. The van der Waals surface area contributed by atoms with Crippen LogP contribution in [-0.2, 0) is 0 Å². The van der Waals surface area contributed by atoms with Gasteiger partial charge in [-0.25, -0.2) is 14.5 Å². The average Bonchev–Trinajstić information content (AvgIpc) is 2.83. The number of fused-ring (bicyclic) bond motifs is 1. The summed E-state index contributed by atoms with van der Waals surface area (Å²) in [5.41, 5.74) is 0.884. The minimum absolute atomic E-state index is 0.245. The second-order valence-electron chi connectivity index (χ2n) is 3.81. The molecule has 2 aromatic heterocycles. The third-order valence-electron chi connectivity index (χ3n) is 2.66. The van der Waals surface area contributed by atoms with E-state index in [0.29, 0.717) is 16.7 Å². The first-order valence-electron chi connectivity index (χ1n) is 5.39. The lowest BCUT2D eigenvalue weighted by molar-refractivity contribution is 0.0699. The molecule has 0 unspecified atom stereocenters. The van der Waals surface area contributed by atoms with Crippen LogP contribution in [0, 0.1) is 0 Å². The molecule has 0 saturated carbocycles. The van der Waals surface area contributed by atoms with E-state index in [1.54, 1.807) is 35.3 Å². The summed E-state index contributed by atoms with van der Waals surface area (Å²) in [7, 11) is 0. The smallest absolute Gasteiger partial charge is 0.336 e. The van der Waals surface area contributed by atoms with E-state index in [1.165, 1.54) is 0 Å². The maximum absolute atomic E-state index is 11.1. The van der Waals surface area contributed by atoms with Crippen LogP contribution in [0.4, 0.5) is 0 Å². The molecule has 1 aromatic carbocycles. The molecule has 5 heteroatoms. The monoisotopic (exact) mass is 239 g/mol. The largest absolute Gasteiger partial charge is 0.478 e. The van der Waals surface area contributed by atoms with Crippen LogP contribution in [0.2, 0.25) is 0 Å². The van der Waals surface area contributed by atoms with E-state index in [-0.39, 0.29) is 5.56 Å². The first kappa shape index (κ1) is 10.5. The van der Waals surface area contributed by atoms with Crippen molar-refractivity contribution < 1.29 is 9.90 Å². The molecule has 3 rings (SSSR count). The van der Waals surface area contributed by atoms with Crippen molar-refractivity contribution in [3.05, 3.63) is 54.4 Å². The Labute approximate surface area is 102 Å². The molecule has 88 valence electrons. The van der Waals surface area contributed by atoms with Crippen LogP contribution in [0.15, 0.2) is 48.8 Å². The highest BCUT2D eigenvalue weighted by atomic mass is 16.4. The van der Waals surface area contributed by atoms with Crippen LogP contribution in [0.1, 0.15) is 10.4 Å². The Balaban J connectivity index is 2.23. The molecule has 3 aromatic rings. The molecule has 0 amide bonds. The van der Waals surface area contributed by atoms with Crippen molar-refractivity contribution in [1.82, 2.24) is 14.8 Å². The molecular formula is C13H9N3O2. The second kappa shape index (κ2) is 3.96. The Hall–Kier alpha value is -2.69. The summed E-state index contributed by atoms with van der Waals surface area (Å²) < 4.78 is 1.58. The van der Waals surface area contributed by atoms with Crippen molar-refractivity contribution in [3.8, 4) is 5.82 Å². The Kier molecular flexibility index (Phi) is 2.30. The van der Waals surface area contributed by atoms with Crippen LogP contribution in [0.25, 0.3) is 16.7 Å². The SMILES string of the molecule is O=C(O)c1cccc2nn(-c3ccccn3)cc12. The minimum atomic E-state index is -0.957. The lowest BCUT2D eigenvalue weighted by atomic mass is 10.1. The van der Waals surface area contributed by atoms with Crippen LogP contribution >= 0.6 is 0 Å². The van der Waals surface area contributed by atoms with Crippen molar-refractivity contribution >= 4 is 16.9 Å². The van der Waals surface area contributed by atoms with Gasteiger partial charge in [0.05, 0.1) is 11.1 Å². The zero-order valence-electron chi connectivity index (χ0n) is 9.32. The van der Waals surface area contributed by atoms with Gasteiger partial charge in [0.25, 0.3) is 0 Å². The fourth-order valence-electron chi connectivity index (χ4n) is 1.84. The van der Waals surface area contributed by atoms with Gasteiger partial charge in [-0.2, -0.15) is 5.10 Å². The summed E-state index contributed by atoms with van der Waals surface area (Å²) in [6.07, 6.45) is 3.35. The third-order valence-corrected chi connectivity index (χ3v) is 2.66. The normalized spacial score (nSPS) is 10.7. The van der Waals surface area contributed by atoms with E-state index >= 15 is 0 Å². The Morgan fingerprint density at radius 2 is 2.06 bits per heavy atom. The van der Waals surface area contributed by atoms with Gasteiger partial charge in [-0.3, -0.25) is 0 Å². The van der Waals surface area contributed by atoms with E-state index in [9.17, 15) is 4.79 Å². The lowest BCUT2D eigenvalue weighted by Crippen LogP contribution is -1.96. The van der Waals surface area contributed by atoms with Gasteiger partial charge in [-0.15, -0.1) is 0 Å². The highest BCUT2D eigenvalue weighted by molar-refractivity contribution is 6.02. The van der Waals surface area contributed by atoms with Crippen molar-refractivity contribution in [3.63, 3.8) is 0 Å². The van der Waals surface area contributed by atoms with E-state index in [1.807, 2.05) is 18.2 Å². The number of hydrogen-bond donors (Lipinski definition) is 1. The predicted octanol–water partition coefficient (Wildman–Crippen LogP) is 2.12. The fraction of sp³-hybridized carbons (Fsp3) is 0. The number of carboxylic acids is 1. The number of carbonyl (C=O) groups is 1. The molecule has 0 saturated heterocycles. The van der Waals surface area contributed by atoms with Crippen LogP contribution < -0.4 is 0 Å². The molecule has 0 atom stereocenters. The number of aromatic nitrogens is 3. The Morgan fingerprint density at radius 3 is 2.78 bits per heavy atom. The fourth-order valence-corrected chi connectivity index (χ4v) is 1.84. The highest BCUT2D eigenvalue weighted by Gasteiger charge is 2.11. The van der Waals surface area contributed by atoms with Gasteiger partial charge in [0.2, 0.25) is 0 Å². The van der Waals surface area contributed by atoms with Gasteiger partial charge in [0.15, 0.2) is 5.82 Å². The van der Waals surface area contributed by atoms with Crippen molar-refractivity contribution in [1.29, 1.82) is 0 Å². The molecule has 0 bridgehead atoms. The van der Waals surface area contributed by atoms with Gasteiger partial charge in [-0.1, -0.05) is 12.1 Å². The van der Waals surface area contributed by atoms with Crippen molar-refractivity contribution in [2.75, 3.05) is 0 Å². The van der Waals surface area contributed by atoms with E-state index in [0.717, 1.165) is 0 Å². The topological polar surface area (TPSA) is 68.0 Å². The zero-order chi connectivity index (χ0) is 12.5. The second-order valence-corrected chi connectivity index (χ2v) is 3.81. The number of aromatic carboxylic acids is 1. The summed E-state index contributed by atoms with van der Waals surface area (Å²) in [6.45, 7) is 0. The number of hydrogen-bond acceptors (Lipinski definition) is 3. The Bertz CT molecular complexity index is 719. The molecule has 0 aliphatic carbocycles. The van der Waals surface area contributed by atoms with Crippen molar-refractivity contribution in [2.24, 2.45) is 0 Å². The van der Waals surface area contributed by atoms with E-state index < -0.39 is 5.97 Å². The minimum Gasteiger partial charge on any atom is -0.478 e. The Morgan fingerprint density at radius 1 is 1.17 bits per heavy atom. The van der Waals surface area contributed by atoms with Gasteiger partial charge in [0.1, 0.15) is 0 Å². The quantitative estimate of drug-likeness (QED) is 0.743. The first-order chi connectivity index (χ1) is 8.75. The van der Waals surface area contributed by atoms with Gasteiger partial charge in [0, 0.05) is 17.8 Å². The van der Waals surface area contributed by atoms with Gasteiger partial charge >= 0.3 is 5.97 Å². The molecule has 0 aliphatic heterocycles. The lowest BCUT2D eigenvalue weighted by Gasteiger charge is -1.96. The molecule has 0 fully saturated rings. The predicted molar refractivity (Wildman–Crippen MR) is 65.8 cm³/mol. The molecule has 0 radical (unpaired) electrons. The molecule has 2 heterocycles. The van der Waals surface area contributed by atoms with Crippen LogP contribution in [0.3, 0.4) is 0 Å². The molecule has 0 aliphatic rings. The summed E-state index contributed by atoms with van der Waals surface area (Å²) in [5, 5.41) is 14.0. The summed E-state index contributed by atoms with van der Waals surface area (Å²) in [6, 6.07) is 10.5. The maximum atomic E-state index is 11.1. The number of benzene rings is 1. The van der Waals surface area contributed by atoms with Crippen LogP contribution in [-0.4, -0.2) is 25.8 Å². The first-order valence-corrected chi connectivity index (χ1v) is 5.39. The molecular weight excluding hydrogens is 230 g/mol. The molecule has 18 heavy (non-hydrogen) atoms. The summed E-state index contributed by atoms with van der Waals surface area (Å²) in [5.74, 6) is -0.300. The van der Waals surface area contributed by atoms with E-state index in [2.05, 4.69) is 10.1 Å². The summed E-state index contributed by atoms with van der Waals surface area (Å²) >= 11 is 0. The highest BCUT2D eigenvalue weighted by Crippen LogP contribution is 2.19. The van der Waals surface area contributed by atoms with E-state index in [4.69, 9.17) is 5.11 Å². The standard InChI is InChI=1S/C13H9N3O2/c17-13(18)9-4-3-5-11-10(9)8-16(15-11)12-6-1-2-7-14-12/h1-8H,(H,17,18). The maximum Gasteiger partial charge on any atom is 0.336 e. The van der Waals surface area contributed by atoms with Crippen LogP contribution in [0.5, 0.6) is 0 Å². The van der Waals surface area contributed by atoms with Crippen molar-refractivity contribution in [2.45, 2.75) is 0 Å². The summed E-state index contributed by atoms with van der Waals surface area (Å²) in [4.78, 5) is 15.3. The number of pyridine rings is 1.